The Balaban J connectivity index is 2.01. The fourth-order valence-corrected chi connectivity index (χ4v) is 2.52. The van der Waals surface area contributed by atoms with Crippen molar-refractivity contribution in [3.8, 4) is 0 Å². The lowest BCUT2D eigenvalue weighted by molar-refractivity contribution is -0.677. The molecule has 1 aliphatic carbocycles. The molecule has 1 saturated carbocycles. The summed E-state index contributed by atoms with van der Waals surface area (Å²) in [6.07, 6.45) is 8.39. The summed E-state index contributed by atoms with van der Waals surface area (Å²) in [5, 5.41) is 15.6. The molecule has 88 valence electrons. The molecule has 1 fully saturated rings. The van der Waals surface area contributed by atoms with Crippen LogP contribution in [-0.2, 0) is 12.8 Å². The molecule has 1 heterocycles. The Kier molecular flexibility index (Phi) is 3.75. The molecule has 0 bridgehead atoms. The lowest BCUT2D eigenvalue weighted by Crippen LogP contribution is -2.37. The normalized spacial score (nSPS) is 17.6. The minimum Gasteiger partial charge on any atom is -0.594 e. The molecular formula is C13H20N2O. The van der Waals surface area contributed by atoms with Crippen molar-refractivity contribution in [3.63, 3.8) is 0 Å². The first-order valence-corrected chi connectivity index (χ1v) is 6.38. The highest BCUT2D eigenvalue weighted by Crippen LogP contribution is 2.25. The number of rotatable bonds is 3. The average molecular weight is 220 g/mol. The second-order valence-electron chi connectivity index (χ2n) is 4.75. The number of aromatic nitrogens is 2. The molecule has 0 spiro atoms. The fraction of sp³-hybridized carbons (Fsp3) is 0.692. The van der Waals surface area contributed by atoms with Crippen molar-refractivity contribution in [2.24, 2.45) is 5.92 Å². The van der Waals surface area contributed by atoms with E-state index in [1.165, 1.54) is 32.1 Å². The summed E-state index contributed by atoms with van der Waals surface area (Å²) >= 11 is 0. The van der Waals surface area contributed by atoms with Gasteiger partial charge in [-0.2, -0.15) is 0 Å². The fourth-order valence-electron chi connectivity index (χ4n) is 2.52. The Morgan fingerprint density at radius 2 is 2.06 bits per heavy atom. The maximum Gasteiger partial charge on any atom is 0.221 e. The summed E-state index contributed by atoms with van der Waals surface area (Å²) in [6, 6.07) is 3.93. The van der Waals surface area contributed by atoms with Crippen LogP contribution in [0.15, 0.2) is 12.1 Å². The van der Waals surface area contributed by atoms with Gasteiger partial charge in [0.2, 0.25) is 5.69 Å². The third kappa shape index (κ3) is 2.71. The standard InChI is InChI=1S/C13H20N2O/c1-2-13-9-8-12(14-15(13)16)10-11-6-4-3-5-7-11/h8-9,11H,2-7,10H2,1H3. The Hall–Kier alpha value is -1.12. The summed E-state index contributed by atoms with van der Waals surface area (Å²) in [7, 11) is 0. The van der Waals surface area contributed by atoms with Crippen molar-refractivity contribution in [1.82, 2.24) is 5.10 Å². The van der Waals surface area contributed by atoms with Gasteiger partial charge in [0.25, 0.3) is 0 Å². The van der Waals surface area contributed by atoms with Gasteiger partial charge in [0.05, 0.1) is 0 Å². The molecule has 1 aromatic heterocycles. The van der Waals surface area contributed by atoms with Crippen LogP contribution in [0.5, 0.6) is 0 Å². The van der Waals surface area contributed by atoms with Crippen molar-refractivity contribution in [3.05, 3.63) is 28.7 Å². The van der Waals surface area contributed by atoms with E-state index in [1.807, 2.05) is 19.1 Å². The Labute approximate surface area is 97.1 Å². The summed E-state index contributed by atoms with van der Waals surface area (Å²) in [5.74, 6) is 0.744. The summed E-state index contributed by atoms with van der Waals surface area (Å²) in [4.78, 5) is 0.790. The molecule has 0 aromatic carbocycles. The zero-order chi connectivity index (χ0) is 11.4. The van der Waals surface area contributed by atoms with Crippen LogP contribution in [-0.4, -0.2) is 5.10 Å². The van der Waals surface area contributed by atoms with E-state index in [4.69, 9.17) is 0 Å². The minimum atomic E-state index is 0.744. The molecule has 0 unspecified atom stereocenters. The third-order valence-electron chi connectivity index (χ3n) is 3.52. The summed E-state index contributed by atoms with van der Waals surface area (Å²) in [6.45, 7) is 1.98. The van der Waals surface area contributed by atoms with Crippen molar-refractivity contribution in [1.29, 1.82) is 0 Å². The molecule has 0 radical (unpaired) electrons. The van der Waals surface area contributed by atoms with Gasteiger partial charge in [0, 0.05) is 17.6 Å². The predicted octanol–water partition coefficient (Wildman–Crippen LogP) is 2.40. The maximum atomic E-state index is 11.5. The van der Waals surface area contributed by atoms with Gasteiger partial charge in [-0.3, -0.25) is 0 Å². The smallest absolute Gasteiger partial charge is 0.221 e. The first kappa shape index (κ1) is 11.4. The van der Waals surface area contributed by atoms with Crippen LogP contribution in [0, 0.1) is 11.1 Å². The quantitative estimate of drug-likeness (QED) is 0.579. The Morgan fingerprint density at radius 1 is 1.31 bits per heavy atom. The van der Waals surface area contributed by atoms with E-state index in [0.29, 0.717) is 0 Å². The van der Waals surface area contributed by atoms with Crippen molar-refractivity contribution < 1.29 is 4.85 Å². The van der Waals surface area contributed by atoms with Crippen LogP contribution in [0.25, 0.3) is 0 Å². The van der Waals surface area contributed by atoms with E-state index in [2.05, 4.69) is 5.10 Å². The molecule has 0 amide bonds. The first-order chi connectivity index (χ1) is 7.79. The highest BCUT2D eigenvalue weighted by Gasteiger charge is 2.16. The van der Waals surface area contributed by atoms with Crippen molar-refractivity contribution >= 4 is 0 Å². The van der Waals surface area contributed by atoms with Gasteiger partial charge in [-0.05, 0) is 18.4 Å². The van der Waals surface area contributed by atoms with E-state index in [9.17, 15) is 5.21 Å². The second-order valence-corrected chi connectivity index (χ2v) is 4.75. The van der Waals surface area contributed by atoms with E-state index in [0.717, 1.165) is 35.0 Å². The molecule has 0 aliphatic heterocycles. The monoisotopic (exact) mass is 220 g/mol. The van der Waals surface area contributed by atoms with Gasteiger partial charge in [0.1, 0.15) is 5.69 Å². The van der Waals surface area contributed by atoms with E-state index in [-0.39, 0.29) is 0 Å². The summed E-state index contributed by atoms with van der Waals surface area (Å²) in [5.41, 5.74) is 1.71. The maximum absolute atomic E-state index is 11.5. The molecule has 0 atom stereocenters. The van der Waals surface area contributed by atoms with E-state index in [1.54, 1.807) is 0 Å². The summed E-state index contributed by atoms with van der Waals surface area (Å²) < 4.78 is 0. The van der Waals surface area contributed by atoms with Crippen molar-refractivity contribution in [2.45, 2.75) is 51.9 Å². The van der Waals surface area contributed by atoms with Crippen LogP contribution < -0.4 is 4.85 Å². The van der Waals surface area contributed by atoms with Crippen LogP contribution in [0.1, 0.15) is 50.4 Å². The molecule has 1 aromatic rings. The van der Waals surface area contributed by atoms with Gasteiger partial charge in [0.15, 0.2) is 0 Å². The third-order valence-corrected chi connectivity index (χ3v) is 3.52. The highest BCUT2D eigenvalue weighted by molar-refractivity contribution is 5.04. The number of nitrogens with zero attached hydrogens (tertiary/aromatic N) is 2. The topological polar surface area (TPSA) is 39.8 Å². The zero-order valence-corrected chi connectivity index (χ0v) is 9.98. The van der Waals surface area contributed by atoms with Gasteiger partial charge < -0.3 is 5.21 Å². The zero-order valence-electron chi connectivity index (χ0n) is 9.98. The van der Waals surface area contributed by atoms with Crippen LogP contribution in [0.3, 0.4) is 0 Å². The first-order valence-electron chi connectivity index (χ1n) is 6.38. The Morgan fingerprint density at radius 3 is 2.69 bits per heavy atom. The molecule has 0 N–H and O–H groups in total. The molecule has 1 aliphatic rings. The number of hydrogen-bond acceptors (Lipinski definition) is 2. The molecule has 2 rings (SSSR count). The predicted molar refractivity (Wildman–Crippen MR) is 62.9 cm³/mol. The lowest BCUT2D eigenvalue weighted by atomic mass is 9.86. The molecule has 3 nitrogen and oxygen atoms in total. The molecule has 0 saturated heterocycles. The van der Waals surface area contributed by atoms with Gasteiger partial charge >= 0.3 is 0 Å². The van der Waals surface area contributed by atoms with E-state index >= 15 is 0 Å². The van der Waals surface area contributed by atoms with Gasteiger partial charge in [-0.1, -0.05) is 43.9 Å². The molecular weight excluding hydrogens is 200 g/mol. The van der Waals surface area contributed by atoms with Crippen molar-refractivity contribution in [2.75, 3.05) is 0 Å². The molecule has 16 heavy (non-hydrogen) atoms. The lowest BCUT2D eigenvalue weighted by Gasteiger charge is -2.20. The van der Waals surface area contributed by atoms with Crippen LogP contribution in [0.4, 0.5) is 0 Å². The van der Waals surface area contributed by atoms with E-state index < -0.39 is 0 Å². The van der Waals surface area contributed by atoms with Crippen LogP contribution >= 0.6 is 0 Å². The van der Waals surface area contributed by atoms with Gasteiger partial charge in [-0.15, -0.1) is 0 Å². The minimum absolute atomic E-state index is 0.744. The number of aryl methyl sites for hydroxylation is 1. The Bertz CT molecular complexity index is 346. The second kappa shape index (κ2) is 5.28. The van der Waals surface area contributed by atoms with Gasteiger partial charge in [-0.25, -0.2) is 0 Å². The average Bonchev–Trinajstić information content (AvgIpc) is 2.31. The highest BCUT2D eigenvalue weighted by atomic mass is 16.5. The van der Waals surface area contributed by atoms with Crippen LogP contribution in [0.2, 0.25) is 0 Å². The largest absolute Gasteiger partial charge is 0.594 e. The number of hydrogen-bond donors (Lipinski definition) is 0. The molecule has 3 heteroatoms. The SMILES string of the molecule is CCc1ccc(CC2CCCCC2)n[n+]1[O-].